The summed E-state index contributed by atoms with van der Waals surface area (Å²) in [5.41, 5.74) is 6.20. The molecule has 0 aromatic heterocycles. The quantitative estimate of drug-likeness (QED) is 0.594. The maximum Gasteiger partial charge on any atom is 0.145 e. The fraction of sp³-hybridized carbons (Fsp3) is 0.538. The lowest BCUT2D eigenvalue weighted by molar-refractivity contribution is 0.304. The second-order valence-corrected chi connectivity index (χ2v) is 4.92. The van der Waals surface area contributed by atoms with E-state index < -0.39 is 0 Å². The lowest BCUT2D eigenvalue weighted by atomic mass is 10.2. The summed E-state index contributed by atoms with van der Waals surface area (Å²) >= 11 is 3.08. The van der Waals surface area contributed by atoms with Crippen molar-refractivity contribution >= 4 is 21.6 Å². The molecule has 96 valence electrons. The van der Waals surface area contributed by atoms with Gasteiger partial charge in [-0.1, -0.05) is 32.6 Å². The van der Waals surface area contributed by atoms with Crippen molar-refractivity contribution in [2.24, 2.45) is 0 Å². The Balaban J connectivity index is 2.34. The Hall–Kier alpha value is -0.770. The summed E-state index contributed by atoms with van der Waals surface area (Å²) < 4.78 is 19.1. The molecule has 4 heteroatoms. The van der Waals surface area contributed by atoms with Crippen molar-refractivity contribution in [2.45, 2.75) is 39.0 Å². The van der Waals surface area contributed by atoms with E-state index in [2.05, 4.69) is 22.9 Å². The van der Waals surface area contributed by atoms with Crippen molar-refractivity contribution in [1.29, 1.82) is 0 Å². The van der Waals surface area contributed by atoms with Gasteiger partial charge in [-0.2, -0.15) is 0 Å². The minimum atomic E-state index is -0.347. The van der Waals surface area contributed by atoms with Crippen LogP contribution in [0.5, 0.6) is 5.75 Å². The van der Waals surface area contributed by atoms with Crippen molar-refractivity contribution in [3.8, 4) is 5.75 Å². The van der Waals surface area contributed by atoms with Crippen LogP contribution in [-0.4, -0.2) is 6.61 Å². The number of hydrogen-bond acceptors (Lipinski definition) is 2. The molecule has 0 aliphatic carbocycles. The average Bonchev–Trinajstić information content (AvgIpc) is 2.30. The fourth-order valence-corrected chi connectivity index (χ4v) is 1.92. The van der Waals surface area contributed by atoms with Gasteiger partial charge in [-0.3, -0.25) is 0 Å². The molecule has 0 radical (unpaired) electrons. The second kappa shape index (κ2) is 7.54. The monoisotopic (exact) mass is 303 g/mol. The molecule has 0 saturated carbocycles. The minimum absolute atomic E-state index is 0.347. The van der Waals surface area contributed by atoms with E-state index in [0.717, 1.165) is 12.8 Å². The van der Waals surface area contributed by atoms with Crippen LogP contribution in [0.2, 0.25) is 0 Å². The third kappa shape index (κ3) is 4.94. The molecule has 0 heterocycles. The van der Waals surface area contributed by atoms with Crippen LogP contribution in [0.15, 0.2) is 16.6 Å². The van der Waals surface area contributed by atoms with E-state index in [1.54, 1.807) is 0 Å². The standard InChI is InChI=1S/C13H19BrFNO/c1-2-3-4-5-6-7-17-13-9-11(15)10(14)8-12(13)16/h8-9H,2-7,16H2,1H3. The smallest absolute Gasteiger partial charge is 0.145 e. The van der Waals surface area contributed by atoms with Crippen LogP contribution in [0, 0.1) is 5.82 Å². The van der Waals surface area contributed by atoms with Gasteiger partial charge in [-0.15, -0.1) is 0 Å². The summed E-state index contributed by atoms with van der Waals surface area (Å²) in [6.07, 6.45) is 5.84. The average molecular weight is 304 g/mol. The predicted octanol–water partition coefficient (Wildman–Crippen LogP) is 4.52. The Morgan fingerprint density at radius 1 is 1.24 bits per heavy atom. The highest BCUT2D eigenvalue weighted by Gasteiger charge is 2.06. The molecular weight excluding hydrogens is 285 g/mol. The summed E-state index contributed by atoms with van der Waals surface area (Å²) in [5, 5.41) is 0. The van der Waals surface area contributed by atoms with Gasteiger partial charge in [0.2, 0.25) is 0 Å². The van der Waals surface area contributed by atoms with Gasteiger partial charge in [0.25, 0.3) is 0 Å². The van der Waals surface area contributed by atoms with Crippen molar-refractivity contribution < 1.29 is 9.13 Å². The molecule has 0 aliphatic rings. The summed E-state index contributed by atoms with van der Waals surface area (Å²) in [7, 11) is 0. The molecule has 0 spiro atoms. The molecule has 0 amide bonds. The molecule has 0 atom stereocenters. The topological polar surface area (TPSA) is 35.2 Å². The van der Waals surface area contributed by atoms with Gasteiger partial charge in [0, 0.05) is 6.07 Å². The van der Waals surface area contributed by atoms with Gasteiger partial charge in [-0.25, -0.2) is 4.39 Å². The molecule has 0 saturated heterocycles. The van der Waals surface area contributed by atoms with Crippen LogP contribution in [0.3, 0.4) is 0 Å². The summed E-state index contributed by atoms with van der Waals surface area (Å²) in [4.78, 5) is 0. The number of benzene rings is 1. The number of hydrogen-bond donors (Lipinski definition) is 1. The maximum atomic E-state index is 13.3. The van der Waals surface area contributed by atoms with Crippen LogP contribution in [-0.2, 0) is 0 Å². The second-order valence-electron chi connectivity index (χ2n) is 4.07. The molecule has 17 heavy (non-hydrogen) atoms. The molecule has 1 aromatic rings. The molecular formula is C13H19BrFNO. The molecule has 2 nitrogen and oxygen atoms in total. The number of rotatable bonds is 7. The van der Waals surface area contributed by atoms with Gasteiger partial charge in [0.1, 0.15) is 11.6 Å². The van der Waals surface area contributed by atoms with E-state index >= 15 is 0 Å². The van der Waals surface area contributed by atoms with Gasteiger partial charge in [-0.05, 0) is 28.4 Å². The SMILES string of the molecule is CCCCCCCOc1cc(F)c(Br)cc1N. The zero-order valence-electron chi connectivity index (χ0n) is 10.1. The van der Waals surface area contributed by atoms with Crippen molar-refractivity contribution in [2.75, 3.05) is 12.3 Å². The Kier molecular flexibility index (Phi) is 6.34. The highest BCUT2D eigenvalue weighted by Crippen LogP contribution is 2.28. The van der Waals surface area contributed by atoms with Crippen LogP contribution < -0.4 is 10.5 Å². The zero-order valence-corrected chi connectivity index (χ0v) is 11.7. The largest absolute Gasteiger partial charge is 0.491 e. The Morgan fingerprint density at radius 2 is 1.94 bits per heavy atom. The van der Waals surface area contributed by atoms with Crippen molar-refractivity contribution in [3.05, 3.63) is 22.4 Å². The normalized spacial score (nSPS) is 10.5. The maximum absolute atomic E-state index is 13.3. The summed E-state index contributed by atoms with van der Waals surface area (Å²) in [5.74, 6) is 0.0846. The first kappa shape index (κ1) is 14.3. The van der Waals surface area contributed by atoms with Crippen molar-refractivity contribution in [1.82, 2.24) is 0 Å². The molecule has 0 unspecified atom stereocenters. The van der Waals surface area contributed by atoms with Gasteiger partial charge in [0.15, 0.2) is 0 Å². The molecule has 0 bridgehead atoms. The Morgan fingerprint density at radius 3 is 2.65 bits per heavy atom. The minimum Gasteiger partial charge on any atom is -0.491 e. The number of halogens is 2. The third-order valence-electron chi connectivity index (χ3n) is 2.56. The number of nitrogen functional groups attached to an aromatic ring is 1. The summed E-state index contributed by atoms with van der Waals surface area (Å²) in [6, 6.07) is 2.85. The first-order chi connectivity index (χ1) is 8.15. The molecule has 1 rings (SSSR count). The van der Waals surface area contributed by atoms with Gasteiger partial charge in [0.05, 0.1) is 16.8 Å². The zero-order chi connectivity index (χ0) is 12.7. The van der Waals surface area contributed by atoms with E-state index in [1.807, 2.05) is 0 Å². The lowest BCUT2D eigenvalue weighted by Crippen LogP contribution is -2.01. The molecule has 0 fully saturated rings. The van der Waals surface area contributed by atoms with Crippen LogP contribution >= 0.6 is 15.9 Å². The van der Waals surface area contributed by atoms with Crippen LogP contribution in [0.1, 0.15) is 39.0 Å². The first-order valence-electron chi connectivity index (χ1n) is 6.02. The highest BCUT2D eigenvalue weighted by atomic mass is 79.9. The molecule has 0 aliphatic heterocycles. The van der Waals surface area contributed by atoms with Crippen LogP contribution in [0.25, 0.3) is 0 Å². The van der Waals surface area contributed by atoms with Gasteiger partial charge < -0.3 is 10.5 Å². The number of anilines is 1. The number of unbranched alkanes of at least 4 members (excludes halogenated alkanes) is 4. The Labute approximate surface area is 110 Å². The van der Waals surface area contributed by atoms with Crippen LogP contribution in [0.4, 0.5) is 10.1 Å². The molecule has 1 aromatic carbocycles. The third-order valence-corrected chi connectivity index (χ3v) is 3.17. The van der Waals surface area contributed by atoms with Gasteiger partial charge >= 0.3 is 0 Å². The fourth-order valence-electron chi connectivity index (χ4n) is 1.56. The lowest BCUT2D eigenvalue weighted by Gasteiger charge is -2.09. The Bertz CT molecular complexity index is 358. The number of ether oxygens (including phenoxy) is 1. The predicted molar refractivity (Wildman–Crippen MR) is 72.8 cm³/mol. The van der Waals surface area contributed by atoms with E-state index in [0.29, 0.717) is 22.5 Å². The van der Waals surface area contributed by atoms with Crippen molar-refractivity contribution in [3.63, 3.8) is 0 Å². The summed E-state index contributed by atoms with van der Waals surface area (Å²) in [6.45, 7) is 2.77. The van der Waals surface area contributed by atoms with E-state index in [-0.39, 0.29) is 5.82 Å². The molecule has 2 N–H and O–H groups in total. The van der Waals surface area contributed by atoms with E-state index in [1.165, 1.54) is 31.4 Å². The number of nitrogens with two attached hydrogens (primary N) is 1. The highest BCUT2D eigenvalue weighted by molar-refractivity contribution is 9.10. The van der Waals surface area contributed by atoms with E-state index in [4.69, 9.17) is 10.5 Å². The van der Waals surface area contributed by atoms with E-state index in [9.17, 15) is 4.39 Å². The first-order valence-corrected chi connectivity index (χ1v) is 6.81.